The van der Waals surface area contributed by atoms with Gasteiger partial charge in [0.1, 0.15) is 0 Å². The quantitative estimate of drug-likeness (QED) is 0.206. The lowest BCUT2D eigenvalue weighted by atomic mass is 10.0. The van der Waals surface area contributed by atoms with Crippen LogP contribution in [0.5, 0.6) is 0 Å². The molecule has 0 fully saturated rings. The van der Waals surface area contributed by atoms with Crippen molar-refractivity contribution in [1.29, 1.82) is 0 Å². The lowest BCUT2D eigenvalue weighted by Gasteiger charge is -2.12. The molecule has 0 saturated heterocycles. The molecular weight excluding hydrogens is 560 g/mol. The highest BCUT2D eigenvalue weighted by atomic mass is 15.2. The van der Waals surface area contributed by atoms with Gasteiger partial charge in [-0.2, -0.15) is 0 Å². The highest BCUT2D eigenvalue weighted by Crippen LogP contribution is 2.39. The van der Waals surface area contributed by atoms with Gasteiger partial charge < -0.3 is 4.57 Å². The molecule has 0 saturated carbocycles. The summed E-state index contributed by atoms with van der Waals surface area (Å²) in [5.41, 5.74) is 8.60. The van der Waals surface area contributed by atoms with E-state index >= 15 is 0 Å². The molecule has 10 rings (SSSR count). The molecule has 0 aliphatic rings. The van der Waals surface area contributed by atoms with E-state index in [4.69, 9.17) is 9.97 Å². The Labute approximate surface area is 264 Å². The molecule has 0 radical (unpaired) electrons. The highest BCUT2D eigenvalue weighted by Gasteiger charge is 2.19. The fraction of sp³-hybridized carbons (Fsp3) is 0. The zero-order valence-corrected chi connectivity index (χ0v) is 24.8. The van der Waals surface area contributed by atoms with E-state index in [-0.39, 0.29) is 0 Å². The zero-order valence-electron chi connectivity index (χ0n) is 24.8. The number of para-hydroxylation sites is 4. The molecule has 0 aliphatic heterocycles. The second-order valence-corrected chi connectivity index (χ2v) is 11.8. The third kappa shape index (κ3) is 3.55. The van der Waals surface area contributed by atoms with Crippen LogP contribution in [0.1, 0.15) is 0 Å². The van der Waals surface area contributed by atoms with Crippen molar-refractivity contribution in [1.82, 2.24) is 19.1 Å². The summed E-state index contributed by atoms with van der Waals surface area (Å²) in [5.74, 6) is 0.669. The maximum Gasteiger partial charge on any atom is 0.235 e. The van der Waals surface area contributed by atoms with Gasteiger partial charge in [0.25, 0.3) is 0 Å². The highest BCUT2D eigenvalue weighted by molar-refractivity contribution is 6.21. The third-order valence-electron chi connectivity index (χ3n) is 9.31. The van der Waals surface area contributed by atoms with E-state index in [1.165, 1.54) is 43.4 Å². The molecule has 0 N–H and O–H groups in total. The van der Waals surface area contributed by atoms with Gasteiger partial charge in [0.05, 0.1) is 33.3 Å². The molecule has 4 heteroatoms. The Bertz CT molecular complexity index is 2810. The molecule has 0 bridgehead atoms. The number of nitrogens with zero attached hydrogens (tertiary/aromatic N) is 4. The fourth-order valence-corrected chi connectivity index (χ4v) is 7.31. The summed E-state index contributed by atoms with van der Waals surface area (Å²) in [7, 11) is 0. The number of hydrogen-bond acceptors (Lipinski definition) is 2. The molecule has 10 aromatic rings. The Kier molecular flexibility index (Phi) is 5.25. The normalized spacial score (nSPS) is 11.9. The van der Waals surface area contributed by atoms with Crippen LogP contribution in [0.4, 0.5) is 0 Å². The number of hydrogen-bond donors (Lipinski definition) is 0. The van der Waals surface area contributed by atoms with Gasteiger partial charge in [-0.05, 0) is 59.3 Å². The first-order valence-corrected chi connectivity index (χ1v) is 15.6. The van der Waals surface area contributed by atoms with Crippen LogP contribution >= 0.6 is 0 Å². The molecule has 7 aromatic carbocycles. The van der Waals surface area contributed by atoms with Crippen LogP contribution < -0.4 is 0 Å². The number of rotatable bonds is 3. The summed E-state index contributed by atoms with van der Waals surface area (Å²) in [5, 5.41) is 8.33. The standard InChI is InChI=1S/C42H26N4/c1-2-13-29(14-3-1)45-36-20-10-7-16-31(36)34-26-28(23-24-38(34)45)41-32-17-6-9-19-35(32)43-42(44-41)46-37-21-11-8-18-33(37)40-30-15-5-4-12-27(30)22-25-39(40)46/h1-26H. The maximum atomic E-state index is 5.39. The van der Waals surface area contributed by atoms with E-state index in [0.717, 1.165) is 38.9 Å². The van der Waals surface area contributed by atoms with Gasteiger partial charge in [-0.25, -0.2) is 9.97 Å². The first-order chi connectivity index (χ1) is 22.8. The summed E-state index contributed by atoms with van der Waals surface area (Å²) in [6, 6.07) is 55.9. The smallest absolute Gasteiger partial charge is 0.235 e. The van der Waals surface area contributed by atoms with Gasteiger partial charge in [0, 0.05) is 38.2 Å². The zero-order chi connectivity index (χ0) is 30.2. The SMILES string of the molecule is c1ccc(-n2c3ccccc3c3cc(-c4nc(-n5c6ccccc6c6c7ccccc7ccc65)nc5ccccc45)ccc32)cc1. The topological polar surface area (TPSA) is 35.6 Å². The van der Waals surface area contributed by atoms with Crippen LogP contribution in [0, 0.1) is 0 Å². The van der Waals surface area contributed by atoms with E-state index in [9.17, 15) is 0 Å². The molecule has 0 spiro atoms. The van der Waals surface area contributed by atoms with Crippen LogP contribution in [0.25, 0.3) is 88.2 Å². The van der Waals surface area contributed by atoms with E-state index in [0.29, 0.717) is 5.95 Å². The van der Waals surface area contributed by atoms with Crippen LogP contribution in [0.15, 0.2) is 158 Å². The number of aromatic nitrogens is 4. The second kappa shape index (κ2) is 9.62. The minimum absolute atomic E-state index is 0.669. The molecule has 214 valence electrons. The Morgan fingerprint density at radius 2 is 1.02 bits per heavy atom. The summed E-state index contributed by atoms with van der Waals surface area (Å²) in [6.45, 7) is 0. The fourth-order valence-electron chi connectivity index (χ4n) is 7.31. The predicted octanol–water partition coefficient (Wildman–Crippen LogP) is 10.6. The van der Waals surface area contributed by atoms with E-state index < -0.39 is 0 Å². The van der Waals surface area contributed by atoms with Gasteiger partial charge in [-0.3, -0.25) is 4.57 Å². The van der Waals surface area contributed by atoms with E-state index in [2.05, 4.69) is 167 Å². The van der Waals surface area contributed by atoms with Gasteiger partial charge in [0.15, 0.2) is 0 Å². The Morgan fingerprint density at radius 1 is 0.391 bits per heavy atom. The first-order valence-electron chi connectivity index (χ1n) is 15.6. The van der Waals surface area contributed by atoms with Crippen LogP contribution in [0.2, 0.25) is 0 Å². The summed E-state index contributed by atoms with van der Waals surface area (Å²) in [4.78, 5) is 10.6. The molecule has 3 heterocycles. The lowest BCUT2D eigenvalue weighted by Crippen LogP contribution is -2.03. The van der Waals surface area contributed by atoms with Gasteiger partial charge >= 0.3 is 0 Å². The minimum Gasteiger partial charge on any atom is -0.309 e. The predicted molar refractivity (Wildman–Crippen MR) is 191 cm³/mol. The molecule has 0 unspecified atom stereocenters. The van der Waals surface area contributed by atoms with E-state index in [1.54, 1.807) is 0 Å². The minimum atomic E-state index is 0.669. The maximum absolute atomic E-state index is 5.39. The van der Waals surface area contributed by atoms with Crippen molar-refractivity contribution < 1.29 is 0 Å². The molecule has 4 nitrogen and oxygen atoms in total. The van der Waals surface area contributed by atoms with Crippen molar-refractivity contribution in [3.05, 3.63) is 158 Å². The van der Waals surface area contributed by atoms with Crippen molar-refractivity contribution in [2.24, 2.45) is 0 Å². The van der Waals surface area contributed by atoms with Crippen LogP contribution in [-0.4, -0.2) is 19.1 Å². The average molecular weight is 587 g/mol. The Hall–Kier alpha value is -6.26. The molecule has 46 heavy (non-hydrogen) atoms. The second-order valence-electron chi connectivity index (χ2n) is 11.8. The summed E-state index contributed by atoms with van der Waals surface area (Å²) >= 11 is 0. The van der Waals surface area contributed by atoms with Gasteiger partial charge in [-0.15, -0.1) is 0 Å². The number of benzene rings is 7. The Balaban J connectivity index is 1.27. The molecule has 0 atom stereocenters. The summed E-state index contributed by atoms with van der Waals surface area (Å²) in [6.07, 6.45) is 0. The van der Waals surface area contributed by atoms with E-state index in [1.807, 2.05) is 0 Å². The van der Waals surface area contributed by atoms with Gasteiger partial charge in [-0.1, -0.05) is 109 Å². The third-order valence-corrected chi connectivity index (χ3v) is 9.31. The van der Waals surface area contributed by atoms with Crippen molar-refractivity contribution in [3.8, 4) is 22.9 Å². The molecular formula is C42H26N4. The van der Waals surface area contributed by atoms with Gasteiger partial charge in [0.2, 0.25) is 5.95 Å². The summed E-state index contributed by atoms with van der Waals surface area (Å²) < 4.78 is 4.58. The lowest BCUT2D eigenvalue weighted by molar-refractivity contribution is 1.01. The van der Waals surface area contributed by atoms with Crippen molar-refractivity contribution >= 4 is 65.3 Å². The van der Waals surface area contributed by atoms with Crippen molar-refractivity contribution in [2.75, 3.05) is 0 Å². The average Bonchev–Trinajstić information content (AvgIpc) is 3.64. The molecule has 0 amide bonds. The van der Waals surface area contributed by atoms with Crippen LogP contribution in [-0.2, 0) is 0 Å². The first kappa shape index (κ1) is 25.1. The van der Waals surface area contributed by atoms with Crippen LogP contribution in [0.3, 0.4) is 0 Å². The molecule has 3 aromatic heterocycles. The largest absolute Gasteiger partial charge is 0.309 e. The monoisotopic (exact) mass is 586 g/mol. The number of fused-ring (bicyclic) bond motifs is 9. The van der Waals surface area contributed by atoms with Crippen molar-refractivity contribution in [3.63, 3.8) is 0 Å². The van der Waals surface area contributed by atoms with Crippen molar-refractivity contribution in [2.45, 2.75) is 0 Å². The Morgan fingerprint density at radius 3 is 1.87 bits per heavy atom. The molecule has 0 aliphatic carbocycles.